The molecule has 0 radical (unpaired) electrons. The maximum atomic E-state index is 12.9. The number of hydrogen-bond acceptors (Lipinski definition) is 10. The lowest BCUT2D eigenvalue weighted by atomic mass is 9.69. The fourth-order valence-electron chi connectivity index (χ4n) is 2.97. The summed E-state index contributed by atoms with van der Waals surface area (Å²) in [5, 5.41) is 30.1. The van der Waals surface area contributed by atoms with Crippen molar-refractivity contribution in [3.63, 3.8) is 0 Å². The predicted molar refractivity (Wildman–Crippen MR) is 97.8 cm³/mol. The average molecular weight is 420 g/mol. The zero-order chi connectivity index (χ0) is 22.7. The van der Waals surface area contributed by atoms with Gasteiger partial charge < -0.3 is 24.5 Å². The number of rotatable bonds is 11. The van der Waals surface area contributed by atoms with Gasteiger partial charge in [0.25, 0.3) is 11.4 Å². The Bertz CT molecular complexity index is 667. The van der Waals surface area contributed by atoms with Crippen LogP contribution < -0.4 is 0 Å². The van der Waals surface area contributed by atoms with Gasteiger partial charge in [0.2, 0.25) is 0 Å². The smallest absolute Gasteiger partial charge is 0.304 e. The molecule has 0 spiro atoms. The SMILES string of the molecule is CC(=O)O[C@@](C(C)=O)(C(=O)C(C)=O)[C@](O[Si](C)(C)C)(C(C)=O)[C@H](O)[C@H](O)CO. The van der Waals surface area contributed by atoms with Crippen molar-refractivity contribution in [1.29, 1.82) is 0 Å². The maximum absolute atomic E-state index is 12.9. The van der Waals surface area contributed by atoms with Crippen LogP contribution in [0.25, 0.3) is 0 Å². The van der Waals surface area contributed by atoms with Crippen LogP contribution in [-0.2, 0) is 33.1 Å². The van der Waals surface area contributed by atoms with Crippen molar-refractivity contribution in [2.75, 3.05) is 6.61 Å². The van der Waals surface area contributed by atoms with Crippen molar-refractivity contribution in [2.24, 2.45) is 0 Å². The van der Waals surface area contributed by atoms with Crippen LogP contribution in [0.2, 0.25) is 19.6 Å². The molecular formula is C17H28O10Si. The summed E-state index contributed by atoms with van der Waals surface area (Å²) in [5.74, 6) is -6.47. The van der Waals surface area contributed by atoms with Crippen molar-refractivity contribution < 1.29 is 48.5 Å². The number of Topliss-reactive ketones (excluding diaryl/α,β-unsaturated/α-hetero) is 4. The highest BCUT2D eigenvalue weighted by Gasteiger charge is 2.72. The molecule has 28 heavy (non-hydrogen) atoms. The number of ketones is 4. The highest BCUT2D eigenvalue weighted by molar-refractivity contribution is 6.70. The standard InChI is InChI=1S/C17H28O10Si/c1-9(19)14(24)16(10(2)20,26-12(4)22)17(11(3)21,27-28(5,6)7)15(25)13(23)8-18/h13,15,18,23,25H,8H2,1-7H3/t13-,15-,16+,17+/m1/s1. The Labute approximate surface area is 164 Å². The van der Waals surface area contributed by atoms with Crippen LogP contribution in [0.3, 0.4) is 0 Å². The van der Waals surface area contributed by atoms with Crippen LogP contribution in [0.4, 0.5) is 0 Å². The first kappa shape index (κ1) is 26.2. The Morgan fingerprint density at radius 2 is 1.39 bits per heavy atom. The first-order valence-corrected chi connectivity index (χ1v) is 11.9. The lowest BCUT2D eigenvalue weighted by Gasteiger charge is -2.50. The van der Waals surface area contributed by atoms with Gasteiger partial charge in [0.05, 0.1) is 6.61 Å². The van der Waals surface area contributed by atoms with Gasteiger partial charge in [-0.1, -0.05) is 0 Å². The van der Waals surface area contributed by atoms with E-state index in [1.807, 2.05) is 0 Å². The van der Waals surface area contributed by atoms with Gasteiger partial charge in [0.1, 0.15) is 12.2 Å². The predicted octanol–water partition coefficient (Wildman–Crippen LogP) is -1.07. The molecule has 11 heteroatoms. The quantitative estimate of drug-likeness (QED) is 0.162. The van der Waals surface area contributed by atoms with Gasteiger partial charge in [-0.15, -0.1) is 0 Å². The van der Waals surface area contributed by atoms with Gasteiger partial charge in [-0.05, 0) is 33.5 Å². The number of aliphatic hydroxyl groups excluding tert-OH is 3. The minimum absolute atomic E-state index is 0.785. The second-order valence-corrected chi connectivity index (χ2v) is 11.8. The van der Waals surface area contributed by atoms with Crippen molar-refractivity contribution >= 4 is 37.4 Å². The molecule has 0 aliphatic rings. The first-order chi connectivity index (χ1) is 12.5. The Morgan fingerprint density at radius 3 is 1.64 bits per heavy atom. The molecule has 0 aromatic rings. The van der Waals surface area contributed by atoms with Crippen LogP contribution in [0, 0.1) is 0 Å². The average Bonchev–Trinajstić information content (AvgIpc) is 2.53. The van der Waals surface area contributed by atoms with E-state index in [4.69, 9.17) is 9.16 Å². The van der Waals surface area contributed by atoms with E-state index < -0.39 is 67.4 Å². The molecule has 0 bridgehead atoms. The number of esters is 1. The van der Waals surface area contributed by atoms with Gasteiger partial charge in [-0.3, -0.25) is 24.0 Å². The molecule has 0 amide bonds. The minimum Gasteiger partial charge on any atom is -0.439 e. The third-order valence-corrected chi connectivity index (χ3v) is 4.85. The van der Waals surface area contributed by atoms with Gasteiger partial charge in [0.15, 0.2) is 31.3 Å². The molecule has 4 atom stereocenters. The van der Waals surface area contributed by atoms with E-state index in [0.29, 0.717) is 0 Å². The molecule has 0 unspecified atom stereocenters. The van der Waals surface area contributed by atoms with Crippen molar-refractivity contribution in [1.82, 2.24) is 0 Å². The molecule has 0 saturated carbocycles. The summed E-state index contributed by atoms with van der Waals surface area (Å²) in [5.41, 5.74) is -6.15. The summed E-state index contributed by atoms with van der Waals surface area (Å²) in [6.07, 6.45) is -4.44. The second-order valence-electron chi connectivity index (χ2n) is 7.42. The third-order valence-electron chi connectivity index (χ3n) is 3.91. The Balaban J connectivity index is 7.51. The third kappa shape index (κ3) is 4.78. The number of hydrogen-bond donors (Lipinski definition) is 3. The summed E-state index contributed by atoms with van der Waals surface area (Å²) >= 11 is 0. The molecular weight excluding hydrogens is 392 g/mol. The van der Waals surface area contributed by atoms with Crippen molar-refractivity contribution in [3.05, 3.63) is 0 Å². The monoisotopic (exact) mass is 420 g/mol. The van der Waals surface area contributed by atoms with E-state index in [0.717, 1.165) is 27.7 Å². The lowest BCUT2D eigenvalue weighted by Crippen LogP contribution is -2.78. The zero-order valence-electron chi connectivity index (χ0n) is 17.1. The number of carbonyl (C=O) groups is 5. The van der Waals surface area contributed by atoms with Crippen LogP contribution >= 0.6 is 0 Å². The fraction of sp³-hybridized carbons (Fsp3) is 0.706. The highest BCUT2D eigenvalue weighted by atomic mass is 28.4. The lowest BCUT2D eigenvalue weighted by molar-refractivity contribution is -0.221. The van der Waals surface area contributed by atoms with Gasteiger partial charge >= 0.3 is 5.97 Å². The van der Waals surface area contributed by atoms with Gasteiger partial charge in [-0.25, -0.2) is 0 Å². The fourth-order valence-corrected chi connectivity index (χ4v) is 4.34. The summed E-state index contributed by atoms with van der Waals surface area (Å²) < 4.78 is 10.7. The molecule has 3 N–H and O–H groups in total. The molecule has 0 saturated heterocycles. The number of carbonyl (C=O) groups excluding carboxylic acids is 5. The van der Waals surface area contributed by atoms with E-state index in [1.54, 1.807) is 19.6 Å². The first-order valence-electron chi connectivity index (χ1n) is 8.45. The van der Waals surface area contributed by atoms with Gasteiger partial charge in [-0.2, -0.15) is 0 Å². The Hall–Kier alpha value is -1.79. The zero-order valence-corrected chi connectivity index (χ0v) is 18.1. The molecule has 0 aliphatic carbocycles. The van der Waals surface area contributed by atoms with Crippen LogP contribution in [-0.4, -0.2) is 82.8 Å². The van der Waals surface area contributed by atoms with Gasteiger partial charge in [0, 0.05) is 13.8 Å². The number of aliphatic hydroxyl groups is 3. The Morgan fingerprint density at radius 1 is 0.929 bits per heavy atom. The largest absolute Gasteiger partial charge is 0.439 e. The molecule has 0 rings (SSSR count). The molecule has 10 nitrogen and oxygen atoms in total. The Kier molecular flexibility index (Phi) is 8.55. The molecule has 0 aromatic carbocycles. The van der Waals surface area contributed by atoms with E-state index >= 15 is 0 Å². The molecule has 0 fully saturated rings. The number of ether oxygens (including phenoxy) is 1. The van der Waals surface area contributed by atoms with E-state index in [-0.39, 0.29) is 0 Å². The van der Waals surface area contributed by atoms with Crippen molar-refractivity contribution in [3.8, 4) is 0 Å². The molecule has 0 heterocycles. The van der Waals surface area contributed by atoms with Crippen LogP contribution in [0.5, 0.6) is 0 Å². The minimum atomic E-state index is -3.19. The summed E-state index contributed by atoms with van der Waals surface area (Å²) in [7, 11) is -2.94. The van der Waals surface area contributed by atoms with E-state index in [1.165, 1.54) is 0 Å². The highest BCUT2D eigenvalue weighted by Crippen LogP contribution is 2.40. The molecule has 0 aromatic heterocycles. The summed E-state index contributed by atoms with van der Waals surface area (Å²) in [4.78, 5) is 62.1. The van der Waals surface area contributed by atoms with Crippen LogP contribution in [0.1, 0.15) is 27.7 Å². The van der Waals surface area contributed by atoms with E-state index in [9.17, 15) is 39.3 Å². The summed E-state index contributed by atoms with van der Waals surface area (Å²) in [6.45, 7) is 6.80. The van der Waals surface area contributed by atoms with E-state index in [2.05, 4.69) is 0 Å². The molecule has 160 valence electrons. The molecule has 0 aliphatic heterocycles. The second kappa shape index (κ2) is 9.14. The topological polar surface area (TPSA) is 164 Å². The maximum Gasteiger partial charge on any atom is 0.304 e. The summed E-state index contributed by atoms with van der Waals surface area (Å²) in [6, 6.07) is 0. The van der Waals surface area contributed by atoms with Crippen LogP contribution in [0.15, 0.2) is 0 Å². The van der Waals surface area contributed by atoms with Crippen molar-refractivity contribution in [2.45, 2.75) is 70.7 Å². The normalized spacial score (nSPS) is 18.2.